The van der Waals surface area contributed by atoms with Crippen molar-refractivity contribution in [2.45, 2.75) is 24.3 Å². The highest BCUT2D eigenvalue weighted by Gasteiger charge is 2.17. The molecule has 0 spiro atoms. The van der Waals surface area contributed by atoms with Crippen molar-refractivity contribution in [2.75, 3.05) is 4.72 Å². The van der Waals surface area contributed by atoms with Crippen molar-refractivity contribution in [1.29, 1.82) is 0 Å². The molecule has 3 rings (SSSR count). The highest BCUT2D eigenvalue weighted by Crippen LogP contribution is 2.22. The highest BCUT2D eigenvalue weighted by molar-refractivity contribution is 7.93. The molecule has 28 heavy (non-hydrogen) atoms. The minimum absolute atomic E-state index is 0.0658. The standard InChI is InChI=1S/C19H18ClN3O3S2/c1-13(14-5-3-2-4-6-14)21-18(24)11-16-12-27-19(22-16)23-28(25,26)17-9-7-15(20)8-10-17/h2-10,12-13H,11H2,1H3,(H,21,24)(H,22,23). The number of nitrogens with one attached hydrogen (secondary N) is 2. The molecule has 0 bridgehead atoms. The SMILES string of the molecule is CC(NC(=O)Cc1csc(NS(=O)(=O)c2ccc(Cl)cc2)n1)c1ccccc1. The molecule has 2 N–H and O–H groups in total. The van der Waals surface area contributed by atoms with Crippen molar-refractivity contribution in [3.05, 3.63) is 76.3 Å². The number of anilines is 1. The summed E-state index contributed by atoms with van der Waals surface area (Å²) in [6, 6.07) is 15.3. The van der Waals surface area contributed by atoms with Gasteiger partial charge in [-0.05, 0) is 36.8 Å². The Balaban J connectivity index is 1.60. The molecule has 0 aliphatic carbocycles. The number of hydrogen-bond donors (Lipinski definition) is 2. The molecule has 1 heterocycles. The van der Waals surface area contributed by atoms with Crippen LogP contribution in [0.25, 0.3) is 0 Å². The van der Waals surface area contributed by atoms with Crippen LogP contribution in [0.5, 0.6) is 0 Å². The number of rotatable bonds is 7. The molecule has 0 aliphatic heterocycles. The number of benzene rings is 2. The zero-order valence-electron chi connectivity index (χ0n) is 14.9. The number of aromatic nitrogens is 1. The molecule has 1 aromatic heterocycles. The Kier molecular flexibility index (Phi) is 6.33. The maximum atomic E-state index is 12.4. The van der Waals surface area contributed by atoms with Gasteiger partial charge in [0.1, 0.15) is 0 Å². The summed E-state index contributed by atoms with van der Waals surface area (Å²) in [7, 11) is -3.76. The van der Waals surface area contributed by atoms with Crippen molar-refractivity contribution in [2.24, 2.45) is 0 Å². The normalized spacial score (nSPS) is 12.4. The lowest BCUT2D eigenvalue weighted by atomic mass is 10.1. The van der Waals surface area contributed by atoms with Gasteiger partial charge in [-0.3, -0.25) is 9.52 Å². The van der Waals surface area contributed by atoms with E-state index in [0.29, 0.717) is 10.7 Å². The van der Waals surface area contributed by atoms with E-state index in [1.54, 1.807) is 5.38 Å². The van der Waals surface area contributed by atoms with Gasteiger partial charge >= 0.3 is 0 Å². The summed E-state index contributed by atoms with van der Waals surface area (Å²) < 4.78 is 27.2. The van der Waals surface area contributed by atoms with Gasteiger partial charge in [0.25, 0.3) is 10.0 Å². The van der Waals surface area contributed by atoms with Crippen LogP contribution in [0.4, 0.5) is 5.13 Å². The van der Waals surface area contributed by atoms with Crippen LogP contribution >= 0.6 is 22.9 Å². The Hall–Kier alpha value is -2.42. The molecule has 3 aromatic rings. The van der Waals surface area contributed by atoms with E-state index in [1.165, 1.54) is 24.3 Å². The Morgan fingerprint density at radius 3 is 2.50 bits per heavy atom. The number of carbonyl (C=O) groups excluding carboxylic acids is 1. The lowest BCUT2D eigenvalue weighted by Gasteiger charge is -2.13. The van der Waals surface area contributed by atoms with Crippen LogP contribution in [-0.4, -0.2) is 19.3 Å². The Morgan fingerprint density at radius 1 is 1.14 bits per heavy atom. The smallest absolute Gasteiger partial charge is 0.263 e. The van der Waals surface area contributed by atoms with Gasteiger partial charge in [0.15, 0.2) is 5.13 Å². The summed E-state index contributed by atoms with van der Waals surface area (Å²) in [4.78, 5) is 16.5. The number of sulfonamides is 1. The fraction of sp³-hybridized carbons (Fsp3) is 0.158. The van der Waals surface area contributed by atoms with E-state index in [4.69, 9.17) is 11.6 Å². The second-order valence-electron chi connectivity index (χ2n) is 6.08. The molecule has 0 radical (unpaired) electrons. The molecule has 1 unspecified atom stereocenters. The number of amides is 1. The molecule has 1 amide bonds. The third-order valence-corrected chi connectivity index (χ3v) is 6.46. The largest absolute Gasteiger partial charge is 0.349 e. The van der Waals surface area contributed by atoms with Crippen LogP contribution < -0.4 is 10.0 Å². The topological polar surface area (TPSA) is 88.2 Å². The van der Waals surface area contributed by atoms with Gasteiger partial charge in [-0.15, -0.1) is 11.3 Å². The second-order valence-corrected chi connectivity index (χ2v) is 9.06. The Bertz CT molecular complexity index is 1050. The molecule has 9 heteroatoms. The van der Waals surface area contributed by atoms with Crippen LogP contribution in [0.15, 0.2) is 64.9 Å². The molecule has 0 saturated carbocycles. The van der Waals surface area contributed by atoms with Crippen LogP contribution in [-0.2, 0) is 21.2 Å². The minimum atomic E-state index is -3.76. The monoisotopic (exact) mass is 435 g/mol. The average Bonchev–Trinajstić information content (AvgIpc) is 3.08. The number of nitrogens with zero attached hydrogens (tertiary/aromatic N) is 1. The van der Waals surface area contributed by atoms with E-state index >= 15 is 0 Å². The molecular weight excluding hydrogens is 418 g/mol. The predicted octanol–water partition coefficient (Wildman–Crippen LogP) is 4.02. The van der Waals surface area contributed by atoms with Crippen LogP contribution in [0.2, 0.25) is 5.02 Å². The zero-order chi connectivity index (χ0) is 20.1. The Morgan fingerprint density at radius 2 is 1.82 bits per heavy atom. The third kappa shape index (κ3) is 5.31. The van der Waals surface area contributed by atoms with Gasteiger partial charge in [0.05, 0.1) is 23.1 Å². The van der Waals surface area contributed by atoms with Gasteiger partial charge in [-0.25, -0.2) is 13.4 Å². The minimum Gasteiger partial charge on any atom is -0.349 e. The molecule has 146 valence electrons. The van der Waals surface area contributed by atoms with E-state index in [2.05, 4.69) is 15.0 Å². The lowest BCUT2D eigenvalue weighted by molar-refractivity contribution is -0.121. The summed E-state index contributed by atoms with van der Waals surface area (Å²) in [6.45, 7) is 1.90. The summed E-state index contributed by atoms with van der Waals surface area (Å²) in [5, 5.41) is 5.22. The first-order valence-electron chi connectivity index (χ1n) is 8.40. The van der Waals surface area contributed by atoms with Crippen LogP contribution in [0.1, 0.15) is 24.2 Å². The zero-order valence-corrected chi connectivity index (χ0v) is 17.3. The van der Waals surface area contributed by atoms with Crippen LogP contribution in [0, 0.1) is 0 Å². The van der Waals surface area contributed by atoms with E-state index in [1.807, 2.05) is 37.3 Å². The quantitative estimate of drug-likeness (QED) is 0.586. The lowest BCUT2D eigenvalue weighted by Crippen LogP contribution is -2.28. The number of thiazole rings is 1. The number of hydrogen-bond acceptors (Lipinski definition) is 5. The fourth-order valence-electron chi connectivity index (χ4n) is 2.50. The fourth-order valence-corrected chi connectivity index (χ4v) is 4.59. The highest BCUT2D eigenvalue weighted by atomic mass is 35.5. The molecule has 2 aromatic carbocycles. The molecular formula is C19H18ClN3O3S2. The van der Waals surface area contributed by atoms with Crippen molar-refractivity contribution >= 4 is 44.0 Å². The van der Waals surface area contributed by atoms with Gasteiger partial charge in [0.2, 0.25) is 5.91 Å². The molecule has 0 aliphatic rings. The van der Waals surface area contributed by atoms with E-state index < -0.39 is 10.0 Å². The molecule has 0 saturated heterocycles. The first-order valence-corrected chi connectivity index (χ1v) is 11.1. The van der Waals surface area contributed by atoms with Crippen LogP contribution in [0.3, 0.4) is 0 Å². The van der Waals surface area contributed by atoms with E-state index in [9.17, 15) is 13.2 Å². The van der Waals surface area contributed by atoms with Gasteiger partial charge < -0.3 is 5.32 Å². The predicted molar refractivity (Wildman–Crippen MR) is 111 cm³/mol. The number of halogens is 1. The molecule has 0 fully saturated rings. The van der Waals surface area contributed by atoms with Gasteiger partial charge in [0, 0.05) is 10.4 Å². The summed E-state index contributed by atoms with van der Waals surface area (Å²) in [6.07, 6.45) is 0.0658. The number of carbonyl (C=O) groups is 1. The Labute approximate surface area is 172 Å². The average molecular weight is 436 g/mol. The maximum Gasteiger partial charge on any atom is 0.263 e. The van der Waals surface area contributed by atoms with Gasteiger partial charge in [-0.1, -0.05) is 41.9 Å². The molecule has 1 atom stereocenters. The van der Waals surface area contributed by atoms with Crippen molar-refractivity contribution in [1.82, 2.24) is 10.3 Å². The van der Waals surface area contributed by atoms with Crippen molar-refractivity contribution < 1.29 is 13.2 Å². The summed E-state index contributed by atoms with van der Waals surface area (Å²) in [5.41, 5.74) is 1.50. The summed E-state index contributed by atoms with van der Waals surface area (Å²) >= 11 is 6.91. The first-order chi connectivity index (χ1) is 13.3. The first kappa shape index (κ1) is 20.3. The van der Waals surface area contributed by atoms with E-state index in [0.717, 1.165) is 16.9 Å². The molecule has 6 nitrogen and oxygen atoms in total. The second kappa shape index (κ2) is 8.72. The maximum absolute atomic E-state index is 12.4. The van der Waals surface area contributed by atoms with Gasteiger partial charge in [-0.2, -0.15) is 0 Å². The van der Waals surface area contributed by atoms with Crippen molar-refractivity contribution in [3.8, 4) is 0 Å². The van der Waals surface area contributed by atoms with Crippen molar-refractivity contribution in [3.63, 3.8) is 0 Å². The summed E-state index contributed by atoms with van der Waals surface area (Å²) in [5.74, 6) is -0.186. The van der Waals surface area contributed by atoms with E-state index in [-0.39, 0.29) is 28.4 Å². The third-order valence-electron chi connectivity index (χ3n) is 3.92.